The van der Waals surface area contributed by atoms with E-state index in [2.05, 4.69) is 12.2 Å². The second kappa shape index (κ2) is 15.1. The molecule has 0 fully saturated rings. The van der Waals surface area contributed by atoms with Crippen molar-refractivity contribution in [2.75, 3.05) is 26.8 Å². The van der Waals surface area contributed by atoms with Crippen molar-refractivity contribution in [3.05, 3.63) is 70.6 Å². The summed E-state index contributed by atoms with van der Waals surface area (Å²) in [4.78, 5) is 40.5. The lowest BCUT2D eigenvalue weighted by Gasteiger charge is -2.41. The minimum absolute atomic E-state index is 0.00612. The maximum absolute atomic E-state index is 13.9. The monoisotopic (exact) mass is 596 g/mol. The summed E-state index contributed by atoms with van der Waals surface area (Å²) in [5.74, 6) is -1.18. The number of carbonyl (C=O) groups is 3. The lowest BCUT2D eigenvalue weighted by atomic mass is 9.77. The highest BCUT2D eigenvalue weighted by molar-refractivity contribution is 5.96. The molecule has 2 aliphatic rings. The number of fused-ring (bicyclic) bond motifs is 3. The van der Waals surface area contributed by atoms with Crippen molar-refractivity contribution < 1.29 is 38.5 Å². The molecule has 0 unspecified atom stereocenters. The van der Waals surface area contributed by atoms with Gasteiger partial charge < -0.3 is 29.9 Å². The first-order valence-electron chi connectivity index (χ1n) is 15.0. The van der Waals surface area contributed by atoms with Crippen LogP contribution in [0.2, 0.25) is 0 Å². The van der Waals surface area contributed by atoms with E-state index >= 15 is 0 Å². The van der Waals surface area contributed by atoms with Crippen LogP contribution in [-0.4, -0.2) is 78.3 Å². The number of benzene rings is 2. The van der Waals surface area contributed by atoms with E-state index in [9.17, 15) is 29.0 Å². The summed E-state index contributed by atoms with van der Waals surface area (Å²) in [6.07, 6.45) is 5.46. The SMILES string of the molecule is CCCCCCCC(=O)N(CCc1cccc(F)c1)[C@@H]1C=C(C(=O)NCCO)[C@@H]2c3cc(C=O)cc(OC)c3O[C@@H]2[C@H]1O. The Hall–Kier alpha value is -3.76. The molecule has 1 heterocycles. The maximum Gasteiger partial charge on any atom is 0.247 e. The summed E-state index contributed by atoms with van der Waals surface area (Å²) in [7, 11) is 1.44. The molecule has 2 aromatic rings. The molecule has 2 aromatic carbocycles. The lowest BCUT2D eigenvalue weighted by molar-refractivity contribution is -0.137. The van der Waals surface area contributed by atoms with Gasteiger partial charge in [-0.25, -0.2) is 4.39 Å². The fourth-order valence-electron chi connectivity index (χ4n) is 5.96. The molecule has 3 N–H and O–H groups in total. The molecule has 0 saturated carbocycles. The van der Waals surface area contributed by atoms with E-state index in [4.69, 9.17) is 9.47 Å². The third kappa shape index (κ3) is 7.43. The normalized spacial score (nSPS) is 20.3. The van der Waals surface area contributed by atoms with E-state index in [0.717, 1.165) is 25.7 Å². The second-order valence-corrected chi connectivity index (χ2v) is 11.0. The molecule has 0 radical (unpaired) electrons. The number of halogens is 1. The molecule has 4 rings (SSSR count). The van der Waals surface area contributed by atoms with Gasteiger partial charge in [0.05, 0.1) is 25.7 Å². The van der Waals surface area contributed by atoms with Crippen LogP contribution in [0.15, 0.2) is 48.0 Å². The van der Waals surface area contributed by atoms with Crippen LogP contribution < -0.4 is 14.8 Å². The van der Waals surface area contributed by atoms with Gasteiger partial charge in [-0.15, -0.1) is 0 Å². The Morgan fingerprint density at radius 2 is 1.95 bits per heavy atom. The van der Waals surface area contributed by atoms with Gasteiger partial charge in [-0.05, 0) is 48.7 Å². The van der Waals surface area contributed by atoms with Crippen LogP contribution in [0.4, 0.5) is 4.39 Å². The number of aliphatic hydroxyl groups excluding tert-OH is 2. The fraction of sp³-hybridized carbons (Fsp3) is 0.485. The predicted octanol–water partition coefficient (Wildman–Crippen LogP) is 3.70. The van der Waals surface area contributed by atoms with Crippen LogP contribution in [0, 0.1) is 5.82 Å². The topological polar surface area (TPSA) is 125 Å². The third-order valence-electron chi connectivity index (χ3n) is 8.12. The number of carbonyl (C=O) groups excluding carboxylic acids is 3. The van der Waals surface area contributed by atoms with E-state index in [1.165, 1.54) is 25.3 Å². The molecule has 1 aliphatic carbocycles. The number of hydrogen-bond donors (Lipinski definition) is 3. The molecule has 232 valence electrons. The van der Waals surface area contributed by atoms with Gasteiger partial charge in [0.25, 0.3) is 0 Å². The van der Waals surface area contributed by atoms with E-state index in [-0.39, 0.29) is 43.4 Å². The minimum atomic E-state index is -1.23. The van der Waals surface area contributed by atoms with Gasteiger partial charge in [0.2, 0.25) is 11.8 Å². The zero-order valence-corrected chi connectivity index (χ0v) is 24.8. The number of aliphatic hydroxyl groups is 2. The number of hydrogen-bond acceptors (Lipinski definition) is 7. The second-order valence-electron chi connectivity index (χ2n) is 11.0. The highest BCUT2D eigenvalue weighted by Crippen LogP contribution is 2.51. The average molecular weight is 597 g/mol. The number of amides is 2. The summed E-state index contributed by atoms with van der Waals surface area (Å²) in [6.45, 7) is 2.04. The molecule has 0 aromatic heterocycles. The number of rotatable bonds is 15. The smallest absolute Gasteiger partial charge is 0.247 e. The number of unbranched alkanes of at least 4 members (excludes halogenated alkanes) is 4. The molecule has 1 aliphatic heterocycles. The van der Waals surface area contributed by atoms with Crippen molar-refractivity contribution >= 4 is 18.1 Å². The first-order valence-corrected chi connectivity index (χ1v) is 15.0. The van der Waals surface area contributed by atoms with Gasteiger partial charge in [-0.3, -0.25) is 14.4 Å². The standard InChI is InChI=1S/C33H41FN2O7/c1-3-4-5-6-7-11-28(39)36(14-12-21-9-8-10-23(34)16-21)26-19-25(33(41)35-13-15-37)29-24-17-22(20-38)18-27(42-2)31(24)43-32(29)30(26)40/h8-10,16-20,26,29-30,32,37,40H,3-7,11-15H2,1-2H3,(H,35,41)/t26-,29+,30+,32+/m1/s1. The van der Waals surface area contributed by atoms with Crippen LogP contribution in [0.25, 0.3) is 0 Å². The quantitative estimate of drug-likeness (QED) is 0.212. The summed E-state index contributed by atoms with van der Waals surface area (Å²) >= 11 is 0. The van der Waals surface area contributed by atoms with Crippen LogP contribution in [0.3, 0.4) is 0 Å². The Morgan fingerprint density at radius 3 is 2.65 bits per heavy atom. The summed E-state index contributed by atoms with van der Waals surface area (Å²) in [5, 5.41) is 23.8. The lowest BCUT2D eigenvalue weighted by Crippen LogP contribution is -2.56. The Bertz CT molecular complexity index is 1330. The number of nitrogens with one attached hydrogen (secondary N) is 1. The number of aldehydes is 1. The van der Waals surface area contributed by atoms with Gasteiger partial charge in [0, 0.05) is 36.2 Å². The zero-order chi connectivity index (χ0) is 30.9. The molecule has 9 nitrogen and oxygen atoms in total. The summed E-state index contributed by atoms with van der Waals surface area (Å²) < 4.78 is 25.6. The average Bonchev–Trinajstić information content (AvgIpc) is 3.40. The molecule has 0 saturated heterocycles. The van der Waals surface area contributed by atoms with Crippen molar-refractivity contribution in [1.82, 2.24) is 10.2 Å². The van der Waals surface area contributed by atoms with Gasteiger partial charge >= 0.3 is 0 Å². The number of ether oxygens (including phenoxy) is 2. The largest absolute Gasteiger partial charge is 0.493 e. The molecule has 4 atom stereocenters. The van der Waals surface area contributed by atoms with Gasteiger partial charge in [0.1, 0.15) is 24.3 Å². The minimum Gasteiger partial charge on any atom is -0.493 e. The van der Waals surface area contributed by atoms with Crippen LogP contribution in [0.5, 0.6) is 11.5 Å². The van der Waals surface area contributed by atoms with Crippen LogP contribution >= 0.6 is 0 Å². The molecular formula is C33H41FN2O7. The van der Waals surface area contributed by atoms with Crippen molar-refractivity contribution in [3.63, 3.8) is 0 Å². The first-order chi connectivity index (χ1) is 20.8. The number of nitrogens with zero attached hydrogens (tertiary/aromatic N) is 1. The molecule has 2 amide bonds. The Morgan fingerprint density at radius 1 is 1.16 bits per heavy atom. The molecule has 0 bridgehead atoms. The van der Waals surface area contributed by atoms with E-state index < -0.39 is 30.1 Å². The van der Waals surface area contributed by atoms with Crippen molar-refractivity contribution in [1.29, 1.82) is 0 Å². The summed E-state index contributed by atoms with van der Waals surface area (Å²) in [5.41, 5.74) is 1.79. The third-order valence-corrected chi connectivity index (χ3v) is 8.12. The van der Waals surface area contributed by atoms with Crippen molar-refractivity contribution in [2.45, 2.75) is 76.0 Å². The van der Waals surface area contributed by atoms with Crippen LogP contribution in [-0.2, 0) is 16.0 Å². The summed E-state index contributed by atoms with van der Waals surface area (Å²) in [6, 6.07) is 8.37. The molecular weight excluding hydrogens is 555 g/mol. The van der Waals surface area contributed by atoms with E-state index in [1.54, 1.807) is 29.2 Å². The van der Waals surface area contributed by atoms with E-state index in [1.807, 2.05) is 0 Å². The van der Waals surface area contributed by atoms with Gasteiger partial charge in [0.15, 0.2) is 11.5 Å². The molecule has 0 spiro atoms. The van der Waals surface area contributed by atoms with Crippen molar-refractivity contribution in [2.24, 2.45) is 0 Å². The molecule has 10 heteroatoms. The van der Waals surface area contributed by atoms with Crippen LogP contribution in [0.1, 0.15) is 72.9 Å². The fourth-order valence-corrected chi connectivity index (χ4v) is 5.96. The maximum atomic E-state index is 13.9. The van der Waals surface area contributed by atoms with Gasteiger partial charge in [-0.1, -0.05) is 44.7 Å². The first kappa shape index (κ1) is 32.2. The van der Waals surface area contributed by atoms with Crippen molar-refractivity contribution in [3.8, 4) is 11.5 Å². The number of methoxy groups -OCH3 is 1. The Kier molecular flexibility index (Phi) is 11.3. The predicted molar refractivity (Wildman–Crippen MR) is 159 cm³/mol. The zero-order valence-electron chi connectivity index (χ0n) is 24.8. The molecule has 43 heavy (non-hydrogen) atoms. The highest BCUT2D eigenvalue weighted by Gasteiger charge is 2.51. The Labute approximate surface area is 251 Å². The van der Waals surface area contributed by atoms with E-state index in [0.29, 0.717) is 47.3 Å². The van der Waals surface area contributed by atoms with Gasteiger partial charge in [-0.2, -0.15) is 0 Å². The Balaban J connectivity index is 1.72. The highest BCUT2D eigenvalue weighted by atomic mass is 19.1.